The lowest BCUT2D eigenvalue weighted by Gasteiger charge is -2.29. The van der Waals surface area contributed by atoms with Crippen LogP contribution in [0.2, 0.25) is 0 Å². The number of Topliss-reactive ketones (excluding diaryl/α,β-unsaturated/α-hetero) is 1. The van der Waals surface area contributed by atoms with Gasteiger partial charge >= 0.3 is 0 Å². The smallest absolute Gasteiger partial charge is 0.165 e. The van der Waals surface area contributed by atoms with Gasteiger partial charge in [0.2, 0.25) is 0 Å². The van der Waals surface area contributed by atoms with Gasteiger partial charge in [-0.25, -0.2) is 0 Å². The van der Waals surface area contributed by atoms with Crippen LogP contribution in [-0.2, 0) is 6.42 Å². The van der Waals surface area contributed by atoms with Crippen molar-refractivity contribution in [3.05, 3.63) is 29.5 Å². The number of carbonyl (C=O) groups excluding carboxylic acids is 1. The maximum atomic E-state index is 12.4. The predicted octanol–water partition coefficient (Wildman–Crippen LogP) is 3.41. The number of benzene rings is 1. The summed E-state index contributed by atoms with van der Waals surface area (Å²) in [6, 6.07) is 5.60. The molecule has 0 spiro atoms. The molecule has 1 heterocycles. The molecule has 1 aliphatic rings. The van der Waals surface area contributed by atoms with E-state index in [1.54, 1.807) is 14.2 Å². The summed E-state index contributed by atoms with van der Waals surface area (Å²) in [5, 5.41) is 0.852. The molecule has 110 valence electrons. The minimum absolute atomic E-state index is 0.0340. The zero-order valence-corrected chi connectivity index (χ0v) is 12.8. The van der Waals surface area contributed by atoms with Gasteiger partial charge in [0.1, 0.15) is 11.5 Å². The average molecular weight is 285 g/mol. The lowest BCUT2D eigenvalue weighted by atomic mass is 9.75. The van der Waals surface area contributed by atoms with Crippen molar-refractivity contribution in [2.45, 2.75) is 26.7 Å². The molecule has 0 atom stereocenters. The fraction of sp³-hybridized carbons (Fsp3) is 0.412. The number of hydrogen-bond acceptors (Lipinski definition) is 4. The van der Waals surface area contributed by atoms with Crippen molar-refractivity contribution in [1.29, 1.82) is 0 Å². The average Bonchev–Trinajstić information content (AvgIpc) is 2.43. The molecule has 0 aliphatic heterocycles. The number of hydrogen-bond donors (Lipinski definition) is 0. The van der Waals surface area contributed by atoms with E-state index in [9.17, 15) is 4.79 Å². The van der Waals surface area contributed by atoms with Gasteiger partial charge in [0, 0.05) is 29.5 Å². The molecule has 2 aromatic rings. The highest BCUT2D eigenvalue weighted by molar-refractivity contribution is 6.02. The number of methoxy groups -OCH3 is 2. The topological polar surface area (TPSA) is 48.4 Å². The van der Waals surface area contributed by atoms with Crippen LogP contribution in [-0.4, -0.2) is 25.0 Å². The molecule has 0 fully saturated rings. The summed E-state index contributed by atoms with van der Waals surface area (Å²) in [7, 11) is 3.23. The molecular formula is C17H19NO3. The van der Waals surface area contributed by atoms with Crippen LogP contribution in [0.1, 0.15) is 36.3 Å². The summed E-state index contributed by atoms with van der Waals surface area (Å²) in [4.78, 5) is 17.1. The highest BCUT2D eigenvalue weighted by atomic mass is 16.5. The molecule has 21 heavy (non-hydrogen) atoms. The largest absolute Gasteiger partial charge is 0.497 e. The Morgan fingerprint density at radius 1 is 1.10 bits per heavy atom. The SMILES string of the molecule is COc1cc(OC)c2cc3c(nc2c1)CC(C)(C)CC3=O. The van der Waals surface area contributed by atoms with E-state index in [-0.39, 0.29) is 11.2 Å². The van der Waals surface area contributed by atoms with Gasteiger partial charge in [-0.2, -0.15) is 0 Å². The number of nitrogens with zero attached hydrogens (tertiary/aromatic N) is 1. The summed E-state index contributed by atoms with van der Waals surface area (Å²) in [5.74, 6) is 1.54. The summed E-state index contributed by atoms with van der Waals surface area (Å²) in [6.07, 6.45) is 1.37. The Morgan fingerprint density at radius 2 is 1.86 bits per heavy atom. The van der Waals surface area contributed by atoms with E-state index in [0.717, 1.165) is 28.6 Å². The highest BCUT2D eigenvalue weighted by Gasteiger charge is 2.32. The number of ketones is 1. The Balaban J connectivity index is 2.26. The second-order valence-corrected chi connectivity index (χ2v) is 6.32. The van der Waals surface area contributed by atoms with E-state index < -0.39 is 0 Å². The summed E-state index contributed by atoms with van der Waals surface area (Å²) in [5.41, 5.74) is 2.37. The lowest BCUT2D eigenvalue weighted by molar-refractivity contribution is 0.0910. The van der Waals surface area contributed by atoms with E-state index in [1.807, 2.05) is 18.2 Å². The fourth-order valence-electron chi connectivity index (χ4n) is 2.97. The molecule has 4 nitrogen and oxygen atoms in total. The molecule has 0 unspecified atom stereocenters. The van der Waals surface area contributed by atoms with Gasteiger partial charge in [-0.3, -0.25) is 9.78 Å². The van der Waals surface area contributed by atoms with Gasteiger partial charge in [0.05, 0.1) is 25.4 Å². The molecule has 0 N–H and O–H groups in total. The number of fused-ring (bicyclic) bond motifs is 2. The van der Waals surface area contributed by atoms with E-state index in [2.05, 4.69) is 13.8 Å². The third kappa shape index (κ3) is 2.35. The van der Waals surface area contributed by atoms with E-state index >= 15 is 0 Å². The zero-order valence-electron chi connectivity index (χ0n) is 12.8. The number of ether oxygens (including phenoxy) is 2. The Hall–Kier alpha value is -2.10. The molecule has 0 radical (unpaired) electrons. The van der Waals surface area contributed by atoms with Crippen LogP contribution in [0, 0.1) is 5.41 Å². The predicted molar refractivity (Wildman–Crippen MR) is 81.3 cm³/mol. The normalized spacial score (nSPS) is 16.7. The number of pyridine rings is 1. The molecule has 3 rings (SSSR count). The number of carbonyl (C=O) groups is 1. The Kier molecular flexibility index (Phi) is 3.12. The third-order valence-corrected chi connectivity index (χ3v) is 3.99. The molecule has 0 saturated carbocycles. The lowest BCUT2D eigenvalue weighted by Crippen LogP contribution is -2.27. The third-order valence-electron chi connectivity index (χ3n) is 3.99. The minimum atomic E-state index is -0.0340. The molecular weight excluding hydrogens is 266 g/mol. The highest BCUT2D eigenvalue weighted by Crippen LogP contribution is 2.37. The van der Waals surface area contributed by atoms with Crippen LogP contribution < -0.4 is 9.47 Å². The second kappa shape index (κ2) is 4.72. The van der Waals surface area contributed by atoms with Crippen molar-refractivity contribution in [1.82, 2.24) is 4.98 Å². The first-order chi connectivity index (χ1) is 9.93. The van der Waals surface area contributed by atoms with E-state index in [1.165, 1.54) is 0 Å². The molecule has 0 amide bonds. The maximum Gasteiger partial charge on any atom is 0.165 e. The van der Waals surface area contributed by atoms with E-state index in [0.29, 0.717) is 17.9 Å². The van der Waals surface area contributed by atoms with Crippen LogP contribution in [0.4, 0.5) is 0 Å². The van der Waals surface area contributed by atoms with Crippen molar-refractivity contribution in [3.8, 4) is 11.5 Å². The standard InChI is InChI=1S/C17H19NO3/c1-17(2)8-14-11(15(19)9-17)7-12-13(18-14)5-10(20-3)6-16(12)21-4/h5-7H,8-9H2,1-4H3. The van der Waals surface area contributed by atoms with Gasteiger partial charge in [-0.15, -0.1) is 0 Å². The van der Waals surface area contributed by atoms with Crippen LogP contribution in [0.3, 0.4) is 0 Å². The van der Waals surface area contributed by atoms with Crippen molar-refractivity contribution in [3.63, 3.8) is 0 Å². The molecule has 1 aromatic carbocycles. The molecule has 1 aromatic heterocycles. The first kappa shape index (κ1) is 13.9. The molecule has 4 heteroatoms. The van der Waals surface area contributed by atoms with Crippen molar-refractivity contribution >= 4 is 16.7 Å². The monoisotopic (exact) mass is 285 g/mol. The first-order valence-corrected chi connectivity index (χ1v) is 7.02. The van der Waals surface area contributed by atoms with Crippen LogP contribution >= 0.6 is 0 Å². The van der Waals surface area contributed by atoms with Gasteiger partial charge in [0.15, 0.2) is 5.78 Å². The maximum absolute atomic E-state index is 12.4. The van der Waals surface area contributed by atoms with Crippen molar-refractivity contribution in [2.75, 3.05) is 14.2 Å². The van der Waals surface area contributed by atoms with Gasteiger partial charge in [0.25, 0.3) is 0 Å². The van der Waals surface area contributed by atoms with Gasteiger partial charge in [-0.1, -0.05) is 13.8 Å². The molecule has 0 saturated heterocycles. The Labute approximate surface area is 124 Å². The van der Waals surface area contributed by atoms with Crippen molar-refractivity contribution in [2.24, 2.45) is 5.41 Å². The Bertz CT molecular complexity index is 734. The zero-order chi connectivity index (χ0) is 15.2. The molecule has 0 bridgehead atoms. The minimum Gasteiger partial charge on any atom is -0.497 e. The molecule has 1 aliphatic carbocycles. The van der Waals surface area contributed by atoms with E-state index in [4.69, 9.17) is 14.5 Å². The number of rotatable bonds is 2. The van der Waals surface area contributed by atoms with Gasteiger partial charge in [-0.05, 0) is 17.9 Å². The summed E-state index contributed by atoms with van der Waals surface area (Å²) >= 11 is 0. The van der Waals surface area contributed by atoms with Crippen molar-refractivity contribution < 1.29 is 14.3 Å². The quantitative estimate of drug-likeness (QED) is 0.848. The summed E-state index contributed by atoms with van der Waals surface area (Å²) < 4.78 is 10.7. The number of aromatic nitrogens is 1. The second-order valence-electron chi connectivity index (χ2n) is 6.32. The van der Waals surface area contributed by atoms with Crippen LogP contribution in [0.5, 0.6) is 11.5 Å². The van der Waals surface area contributed by atoms with Gasteiger partial charge < -0.3 is 9.47 Å². The summed E-state index contributed by atoms with van der Waals surface area (Å²) in [6.45, 7) is 4.21. The first-order valence-electron chi connectivity index (χ1n) is 7.02. The van der Waals surface area contributed by atoms with Crippen LogP contribution in [0.25, 0.3) is 10.9 Å². The van der Waals surface area contributed by atoms with Crippen LogP contribution in [0.15, 0.2) is 18.2 Å². The fourth-order valence-corrected chi connectivity index (χ4v) is 2.97. The Morgan fingerprint density at radius 3 is 2.52 bits per heavy atom.